The SMILES string of the molecule is NN(C(=Nc1ccccc1)c1ccccc1)c1ccccc1. The summed E-state index contributed by atoms with van der Waals surface area (Å²) in [5, 5.41) is 1.61. The van der Waals surface area contributed by atoms with Gasteiger partial charge in [0.25, 0.3) is 0 Å². The van der Waals surface area contributed by atoms with Crippen molar-refractivity contribution in [2.75, 3.05) is 5.01 Å². The maximum Gasteiger partial charge on any atom is 0.155 e. The van der Waals surface area contributed by atoms with Gasteiger partial charge in [0.2, 0.25) is 0 Å². The van der Waals surface area contributed by atoms with Crippen molar-refractivity contribution in [2.45, 2.75) is 0 Å². The summed E-state index contributed by atoms with van der Waals surface area (Å²) in [4.78, 5) is 4.72. The molecule has 2 N–H and O–H groups in total. The van der Waals surface area contributed by atoms with Gasteiger partial charge in [-0.05, 0) is 24.3 Å². The molecular weight excluding hydrogens is 270 g/mol. The Balaban J connectivity index is 2.06. The maximum atomic E-state index is 6.32. The lowest BCUT2D eigenvalue weighted by Gasteiger charge is -2.21. The molecule has 0 heterocycles. The predicted octanol–water partition coefficient (Wildman–Crippen LogP) is 4.15. The van der Waals surface area contributed by atoms with Gasteiger partial charge in [-0.25, -0.2) is 10.8 Å². The molecule has 0 aliphatic heterocycles. The average molecular weight is 287 g/mol. The Hall–Kier alpha value is -2.91. The van der Waals surface area contributed by atoms with E-state index in [0.717, 1.165) is 16.9 Å². The van der Waals surface area contributed by atoms with Gasteiger partial charge < -0.3 is 0 Å². The lowest BCUT2D eigenvalue weighted by molar-refractivity contribution is 1.12. The van der Waals surface area contributed by atoms with Gasteiger partial charge in [-0.15, -0.1) is 0 Å². The molecule has 3 heteroatoms. The monoisotopic (exact) mass is 287 g/mol. The lowest BCUT2D eigenvalue weighted by atomic mass is 10.2. The first-order valence-corrected chi connectivity index (χ1v) is 7.13. The van der Waals surface area contributed by atoms with Crippen LogP contribution in [0, 0.1) is 0 Å². The summed E-state index contributed by atoms with van der Waals surface area (Å²) in [6.07, 6.45) is 0. The Bertz CT molecular complexity index is 737. The maximum absolute atomic E-state index is 6.32. The van der Waals surface area contributed by atoms with E-state index in [1.54, 1.807) is 5.01 Å². The van der Waals surface area contributed by atoms with Crippen molar-refractivity contribution < 1.29 is 0 Å². The number of hydrazine groups is 1. The van der Waals surface area contributed by atoms with E-state index in [0.29, 0.717) is 5.84 Å². The molecule has 108 valence electrons. The Labute approximate surface area is 130 Å². The van der Waals surface area contributed by atoms with E-state index < -0.39 is 0 Å². The van der Waals surface area contributed by atoms with E-state index in [9.17, 15) is 0 Å². The van der Waals surface area contributed by atoms with Gasteiger partial charge >= 0.3 is 0 Å². The van der Waals surface area contributed by atoms with E-state index in [4.69, 9.17) is 10.8 Å². The molecular formula is C19H17N3. The third-order valence-electron chi connectivity index (χ3n) is 3.29. The second-order valence-corrected chi connectivity index (χ2v) is 4.84. The van der Waals surface area contributed by atoms with Crippen molar-refractivity contribution in [1.82, 2.24) is 0 Å². The largest absolute Gasteiger partial charge is 0.262 e. The minimum atomic E-state index is 0.706. The molecule has 3 aromatic rings. The molecule has 0 aliphatic carbocycles. The van der Waals surface area contributed by atoms with Crippen LogP contribution in [0.5, 0.6) is 0 Å². The molecule has 0 atom stereocenters. The molecule has 22 heavy (non-hydrogen) atoms. The number of rotatable bonds is 3. The third-order valence-corrected chi connectivity index (χ3v) is 3.29. The molecule has 0 bridgehead atoms. The summed E-state index contributed by atoms with van der Waals surface area (Å²) in [5.41, 5.74) is 2.73. The van der Waals surface area contributed by atoms with Gasteiger partial charge in [0, 0.05) is 5.56 Å². The Morgan fingerprint density at radius 1 is 0.682 bits per heavy atom. The van der Waals surface area contributed by atoms with Crippen LogP contribution < -0.4 is 10.9 Å². The third kappa shape index (κ3) is 3.22. The van der Waals surface area contributed by atoms with Crippen LogP contribution in [0.4, 0.5) is 11.4 Å². The van der Waals surface area contributed by atoms with Crippen LogP contribution in [-0.4, -0.2) is 5.84 Å². The second-order valence-electron chi connectivity index (χ2n) is 4.84. The molecule has 3 nitrogen and oxygen atoms in total. The van der Waals surface area contributed by atoms with E-state index in [-0.39, 0.29) is 0 Å². The summed E-state index contributed by atoms with van der Waals surface area (Å²) < 4.78 is 0. The zero-order chi connectivity index (χ0) is 15.2. The smallest absolute Gasteiger partial charge is 0.155 e. The molecule has 0 aromatic heterocycles. The van der Waals surface area contributed by atoms with E-state index in [2.05, 4.69) is 0 Å². The highest BCUT2D eigenvalue weighted by atomic mass is 15.4. The molecule has 0 spiro atoms. The van der Waals surface area contributed by atoms with Crippen molar-refractivity contribution in [1.29, 1.82) is 0 Å². The van der Waals surface area contributed by atoms with E-state index >= 15 is 0 Å². The number of hydrogen-bond acceptors (Lipinski definition) is 2. The number of nitrogens with two attached hydrogens (primary N) is 1. The standard InChI is InChI=1S/C19H17N3/c20-22(18-14-8-3-9-15-18)19(16-10-4-1-5-11-16)21-17-12-6-2-7-13-17/h1-15H,20H2. The van der Waals surface area contributed by atoms with Gasteiger partial charge in [-0.2, -0.15) is 0 Å². The fourth-order valence-corrected chi connectivity index (χ4v) is 2.18. The topological polar surface area (TPSA) is 41.6 Å². The molecule has 0 radical (unpaired) electrons. The van der Waals surface area contributed by atoms with Gasteiger partial charge in [0.05, 0.1) is 11.4 Å². The number of aliphatic imine (C=N–C) groups is 1. The zero-order valence-electron chi connectivity index (χ0n) is 12.1. The van der Waals surface area contributed by atoms with Gasteiger partial charge in [0.15, 0.2) is 5.84 Å². The predicted molar refractivity (Wildman–Crippen MR) is 92.2 cm³/mol. The normalized spacial score (nSPS) is 11.2. The van der Waals surface area contributed by atoms with Crippen molar-refractivity contribution >= 4 is 17.2 Å². The van der Waals surface area contributed by atoms with Gasteiger partial charge in [-0.1, -0.05) is 66.7 Å². The first kappa shape index (κ1) is 14.0. The highest BCUT2D eigenvalue weighted by Crippen LogP contribution is 2.18. The second kappa shape index (κ2) is 6.70. The van der Waals surface area contributed by atoms with Crippen LogP contribution in [0.15, 0.2) is 96.0 Å². The van der Waals surface area contributed by atoms with Crippen LogP contribution in [0.1, 0.15) is 5.56 Å². The van der Waals surface area contributed by atoms with Gasteiger partial charge in [0.1, 0.15) is 0 Å². The molecule has 0 fully saturated rings. The van der Waals surface area contributed by atoms with Crippen molar-refractivity contribution in [3.8, 4) is 0 Å². The lowest BCUT2D eigenvalue weighted by Crippen LogP contribution is -2.38. The minimum Gasteiger partial charge on any atom is -0.262 e. The number of amidine groups is 1. The molecule has 0 amide bonds. The van der Waals surface area contributed by atoms with Crippen molar-refractivity contribution in [2.24, 2.45) is 10.8 Å². The van der Waals surface area contributed by atoms with Crippen molar-refractivity contribution in [3.63, 3.8) is 0 Å². The highest BCUT2D eigenvalue weighted by Gasteiger charge is 2.12. The molecule has 0 saturated carbocycles. The number of benzene rings is 3. The zero-order valence-corrected chi connectivity index (χ0v) is 12.1. The van der Waals surface area contributed by atoms with Crippen molar-refractivity contribution in [3.05, 3.63) is 96.6 Å². The summed E-state index contributed by atoms with van der Waals surface area (Å²) >= 11 is 0. The van der Waals surface area contributed by atoms with Crippen LogP contribution in [0.25, 0.3) is 0 Å². The Morgan fingerprint density at radius 3 is 1.77 bits per heavy atom. The number of anilines is 1. The molecule has 0 unspecified atom stereocenters. The summed E-state index contributed by atoms with van der Waals surface area (Å²) in [5.74, 6) is 7.03. The molecule has 0 saturated heterocycles. The van der Waals surface area contributed by atoms with Crippen LogP contribution >= 0.6 is 0 Å². The van der Waals surface area contributed by atoms with Gasteiger partial charge in [-0.3, -0.25) is 5.01 Å². The fourth-order valence-electron chi connectivity index (χ4n) is 2.18. The molecule has 3 rings (SSSR count). The van der Waals surface area contributed by atoms with E-state index in [1.165, 1.54) is 0 Å². The summed E-state index contributed by atoms with van der Waals surface area (Å²) in [6, 6.07) is 29.6. The van der Waals surface area contributed by atoms with E-state index in [1.807, 2.05) is 91.0 Å². The minimum absolute atomic E-state index is 0.706. The average Bonchev–Trinajstić information content (AvgIpc) is 2.61. The Kier molecular flexibility index (Phi) is 4.27. The molecule has 3 aromatic carbocycles. The van der Waals surface area contributed by atoms with Crippen LogP contribution in [0.3, 0.4) is 0 Å². The Morgan fingerprint density at radius 2 is 1.18 bits per heavy atom. The first-order valence-electron chi connectivity index (χ1n) is 7.13. The summed E-state index contributed by atoms with van der Waals surface area (Å²) in [7, 11) is 0. The van der Waals surface area contributed by atoms with Crippen LogP contribution in [0.2, 0.25) is 0 Å². The quantitative estimate of drug-likeness (QED) is 0.340. The first-order chi connectivity index (χ1) is 10.8. The fraction of sp³-hybridized carbons (Fsp3) is 0. The number of nitrogens with zero attached hydrogens (tertiary/aromatic N) is 2. The number of hydrogen-bond donors (Lipinski definition) is 1. The highest BCUT2D eigenvalue weighted by molar-refractivity contribution is 6.10. The van der Waals surface area contributed by atoms with Crippen LogP contribution in [-0.2, 0) is 0 Å². The molecule has 0 aliphatic rings. The number of para-hydroxylation sites is 2. The summed E-state index contributed by atoms with van der Waals surface area (Å²) in [6.45, 7) is 0.